The Morgan fingerprint density at radius 3 is 2.81 bits per heavy atom. The van der Waals surface area contributed by atoms with E-state index in [1.165, 1.54) is 25.3 Å². The molecule has 0 spiro atoms. The van der Waals surface area contributed by atoms with E-state index in [9.17, 15) is 14.9 Å². The van der Waals surface area contributed by atoms with Crippen molar-refractivity contribution in [1.82, 2.24) is 4.90 Å². The lowest BCUT2D eigenvalue weighted by Gasteiger charge is -2.21. The van der Waals surface area contributed by atoms with Gasteiger partial charge in [0, 0.05) is 18.7 Å². The van der Waals surface area contributed by atoms with Gasteiger partial charge in [0.1, 0.15) is 11.3 Å². The number of nitrogens with zero attached hydrogens (tertiary/aromatic N) is 2. The second-order valence-corrected chi connectivity index (χ2v) is 5.28. The largest absolute Gasteiger partial charge is 0.497 e. The molecule has 0 saturated carbocycles. The van der Waals surface area contributed by atoms with Crippen LogP contribution in [0.3, 0.4) is 0 Å². The molecule has 7 heteroatoms. The second kappa shape index (κ2) is 6.09. The summed E-state index contributed by atoms with van der Waals surface area (Å²) in [5, 5.41) is 11.1. The zero-order valence-electron chi connectivity index (χ0n) is 12.1. The van der Waals surface area contributed by atoms with E-state index < -0.39 is 4.92 Å². The van der Waals surface area contributed by atoms with E-state index in [1.807, 2.05) is 6.92 Å². The summed E-state index contributed by atoms with van der Waals surface area (Å²) >= 11 is 0. The maximum atomic E-state index is 12.6. The maximum absolute atomic E-state index is 12.6. The van der Waals surface area contributed by atoms with Gasteiger partial charge in [-0.2, -0.15) is 0 Å². The predicted octanol–water partition coefficient (Wildman–Crippen LogP) is 1.41. The first-order valence-corrected chi connectivity index (χ1v) is 6.81. The summed E-state index contributed by atoms with van der Waals surface area (Å²) in [6.45, 7) is 2.97. The van der Waals surface area contributed by atoms with Crippen molar-refractivity contribution in [3.05, 3.63) is 33.9 Å². The summed E-state index contributed by atoms with van der Waals surface area (Å²) in [5.74, 6) is 0.323. The van der Waals surface area contributed by atoms with E-state index in [1.54, 1.807) is 4.90 Å². The first-order chi connectivity index (χ1) is 9.97. The van der Waals surface area contributed by atoms with Crippen LogP contribution in [0, 0.1) is 16.0 Å². The number of methoxy groups -OCH3 is 1. The van der Waals surface area contributed by atoms with Crippen molar-refractivity contribution in [2.75, 3.05) is 20.2 Å². The van der Waals surface area contributed by atoms with Crippen LogP contribution in [0.25, 0.3) is 0 Å². The van der Waals surface area contributed by atoms with Gasteiger partial charge in [-0.25, -0.2) is 0 Å². The monoisotopic (exact) mass is 293 g/mol. The van der Waals surface area contributed by atoms with Crippen LogP contribution in [0.1, 0.15) is 23.7 Å². The van der Waals surface area contributed by atoms with Crippen LogP contribution in [-0.2, 0) is 0 Å². The lowest BCUT2D eigenvalue weighted by molar-refractivity contribution is -0.385. The lowest BCUT2D eigenvalue weighted by atomic mass is 10.1. The minimum atomic E-state index is -0.548. The van der Waals surface area contributed by atoms with Gasteiger partial charge in [-0.05, 0) is 37.9 Å². The summed E-state index contributed by atoms with van der Waals surface area (Å²) in [4.78, 5) is 24.9. The van der Waals surface area contributed by atoms with Gasteiger partial charge in [0.2, 0.25) is 0 Å². The highest BCUT2D eigenvalue weighted by atomic mass is 16.6. The second-order valence-electron chi connectivity index (χ2n) is 5.28. The third kappa shape index (κ3) is 2.97. The summed E-state index contributed by atoms with van der Waals surface area (Å²) < 4.78 is 5.06. The van der Waals surface area contributed by atoms with Crippen molar-refractivity contribution in [3.8, 4) is 5.75 Å². The van der Waals surface area contributed by atoms with Crippen LogP contribution >= 0.6 is 0 Å². The van der Waals surface area contributed by atoms with Gasteiger partial charge < -0.3 is 15.4 Å². The number of carbonyl (C=O) groups excluding carboxylic acids is 1. The van der Waals surface area contributed by atoms with Gasteiger partial charge in [0.05, 0.1) is 12.0 Å². The molecule has 1 aromatic carbocycles. The Balaban J connectivity index is 2.36. The van der Waals surface area contributed by atoms with Crippen LogP contribution in [0.2, 0.25) is 0 Å². The summed E-state index contributed by atoms with van der Waals surface area (Å²) in [5.41, 5.74) is 5.51. The smallest absolute Gasteiger partial charge is 0.282 e. The quantitative estimate of drug-likeness (QED) is 0.668. The Morgan fingerprint density at radius 2 is 2.29 bits per heavy atom. The Kier molecular flexibility index (Phi) is 4.42. The molecule has 1 aromatic rings. The highest BCUT2D eigenvalue weighted by Crippen LogP contribution is 2.29. The molecule has 1 aliphatic rings. The van der Waals surface area contributed by atoms with Crippen molar-refractivity contribution < 1.29 is 14.5 Å². The summed E-state index contributed by atoms with van der Waals surface area (Å²) in [7, 11) is 1.46. The molecule has 0 aliphatic carbocycles. The normalized spacial score (nSPS) is 21.4. The average Bonchev–Trinajstić information content (AvgIpc) is 2.86. The van der Waals surface area contributed by atoms with E-state index in [0.717, 1.165) is 6.42 Å². The Morgan fingerprint density at radius 1 is 1.57 bits per heavy atom. The minimum absolute atomic E-state index is 0.0249. The number of nitro groups is 1. The van der Waals surface area contributed by atoms with Crippen molar-refractivity contribution >= 4 is 11.6 Å². The number of rotatable bonds is 4. The predicted molar refractivity (Wildman–Crippen MR) is 77.3 cm³/mol. The van der Waals surface area contributed by atoms with Gasteiger partial charge in [0.25, 0.3) is 11.6 Å². The van der Waals surface area contributed by atoms with Crippen molar-refractivity contribution in [3.63, 3.8) is 0 Å². The first kappa shape index (κ1) is 15.2. The molecule has 0 bridgehead atoms. The van der Waals surface area contributed by atoms with E-state index in [-0.39, 0.29) is 29.1 Å². The van der Waals surface area contributed by atoms with Gasteiger partial charge in [-0.1, -0.05) is 0 Å². The van der Waals surface area contributed by atoms with E-state index >= 15 is 0 Å². The first-order valence-electron chi connectivity index (χ1n) is 6.81. The topological polar surface area (TPSA) is 98.7 Å². The average molecular weight is 293 g/mol. The lowest BCUT2D eigenvalue weighted by Crippen LogP contribution is -2.34. The SMILES string of the molecule is COc1ccc([N+](=O)[O-])c(C(=O)N2CC(CN)CC2C)c1. The molecule has 1 fully saturated rings. The molecular formula is C14H19N3O4. The third-order valence-electron chi connectivity index (χ3n) is 3.89. The van der Waals surface area contributed by atoms with E-state index in [4.69, 9.17) is 10.5 Å². The number of carbonyl (C=O) groups is 1. The molecular weight excluding hydrogens is 274 g/mol. The van der Waals surface area contributed by atoms with Gasteiger partial charge in [0.15, 0.2) is 0 Å². The number of hydrogen-bond donors (Lipinski definition) is 1. The molecule has 1 aliphatic heterocycles. The van der Waals surface area contributed by atoms with Crippen LogP contribution < -0.4 is 10.5 Å². The fourth-order valence-corrected chi connectivity index (χ4v) is 2.72. The van der Waals surface area contributed by atoms with Crippen molar-refractivity contribution in [1.29, 1.82) is 0 Å². The molecule has 2 rings (SSSR count). The maximum Gasteiger partial charge on any atom is 0.282 e. The molecule has 7 nitrogen and oxygen atoms in total. The number of nitrogens with two attached hydrogens (primary N) is 1. The van der Waals surface area contributed by atoms with Crippen LogP contribution in [0.15, 0.2) is 18.2 Å². The third-order valence-corrected chi connectivity index (χ3v) is 3.89. The van der Waals surface area contributed by atoms with E-state index in [0.29, 0.717) is 18.8 Å². The van der Waals surface area contributed by atoms with E-state index in [2.05, 4.69) is 0 Å². The van der Waals surface area contributed by atoms with Crippen LogP contribution in [0.5, 0.6) is 5.75 Å². The van der Waals surface area contributed by atoms with Crippen LogP contribution in [-0.4, -0.2) is 42.0 Å². The fraction of sp³-hybridized carbons (Fsp3) is 0.500. The molecule has 114 valence electrons. The van der Waals surface area contributed by atoms with Crippen LogP contribution in [0.4, 0.5) is 5.69 Å². The molecule has 1 heterocycles. The van der Waals surface area contributed by atoms with Gasteiger partial charge in [-0.3, -0.25) is 14.9 Å². The molecule has 0 aromatic heterocycles. The summed E-state index contributed by atoms with van der Waals surface area (Å²) in [6, 6.07) is 4.22. The Hall–Kier alpha value is -2.15. The zero-order chi connectivity index (χ0) is 15.6. The highest BCUT2D eigenvalue weighted by molar-refractivity contribution is 5.99. The number of likely N-dealkylation sites (tertiary alicyclic amines) is 1. The van der Waals surface area contributed by atoms with Gasteiger partial charge in [-0.15, -0.1) is 0 Å². The van der Waals surface area contributed by atoms with Crippen molar-refractivity contribution in [2.45, 2.75) is 19.4 Å². The number of ether oxygens (including phenoxy) is 1. The Labute approximate surface area is 122 Å². The minimum Gasteiger partial charge on any atom is -0.497 e. The van der Waals surface area contributed by atoms with Crippen molar-refractivity contribution in [2.24, 2.45) is 11.7 Å². The zero-order valence-corrected chi connectivity index (χ0v) is 12.1. The number of benzene rings is 1. The molecule has 2 N–H and O–H groups in total. The number of amides is 1. The molecule has 1 amide bonds. The summed E-state index contributed by atoms with van der Waals surface area (Å²) in [6.07, 6.45) is 0.819. The number of nitro benzene ring substituents is 1. The highest BCUT2D eigenvalue weighted by Gasteiger charge is 2.35. The number of hydrogen-bond acceptors (Lipinski definition) is 5. The fourth-order valence-electron chi connectivity index (χ4n) is 2.72. The molecule has 2 atom stereocenters. The standard InChI is InChI=1S/C14H19N3O4/c1-9-5-10(7-15)8-16(9)14(18)12-6-11(21-2)3-4-13(12)17(19)20/h3-4,6,9-10H,5,7-8,15H2,1-2H3. The van der Waals surface area contributed by atoms with Gasteiger partial charge >= 0.3 is 0 Å². The molecule has 1 saturated heterocycles. The molecule has 2 unspecified atom stereocenters. The molecule has 0 radical (unpaired) electrons. The molecule has 21 heavy (non-hydrogen) atoms. The Bertz CT molecular complexity index is 561.